The molecule has 79 heavy (non-hydrogen) atoms. The molecule has 0 saturated heterocycles. The summed E-state index contributed by atoms with van der Waals surface area (Å²) in [4.78, 5) is 80.3. The van der Waals surface area contributed by atoms with Crippen LogP contribution in [0.1, 0.15) is 108 Å². The molecule has 0 amide bonds. The number of rotatable bonds is 30. The molecular weight excluding hydrogens is 1030 g/mol. The third-order valence-electron chi connectivity index (χ3n) is 13.7. The highest BCUT2D eigenvalue weighted by molar-refractivity contribution is 7.22. The summed E-state index contributed by atoms with van der Waals surface area (Å²) in [6.07, 6.45) is 13.5. The highest BCUT2D eigenvalue weighted by Gasteiger charge is 2.34. The lowest BCUT2D eigenvalue weighted by atomic mass is 9.82. The standard InChI is InChI=1S/C61H69N3O14S/c1-3-53(65)73-39-14-7-5-12-37-71-48-27-31-50(32-28-48)76-58(68)44-20-18-43(19-21-44)57(67)75-41-36-42-26-35-52(55-56(42)79-61(62-55)64-63-47-16-10-9-11-17-47)78-60(70)46-24-22-45(23-25-46)59(69)77-51-33-29-49(30-34-51)72-38-13-6-8-15-40-74-54(66)4-2/h3-4,9-11,16-17,26-35,43-46H,1-2,5-8,12-15,18-25,36-41H2. The van der Waals surface area contributed by atoms with Crippen LogP contribution in [0.4, 0.5) is 10.8 Å². The fourth-order valence-electron chi connectivity index (χ4n) is 9.21. The van der Waals surface area contributed by atoms with E-state index in [1.807, 2.05) is 36.4 Å². The van der Waals surface area contributed by atoms with E-state index in [4.69, 9.17) is 42.9 Å². The minimum Gasteiger partial charge on any atom is -0.494 e. The van der Waals surface area contributed by atoms with Crippen molar-refractivity contribution in [2.45, 2.75) is 109 Å². The van der Waals surface area contributed by atoms with Gasteiger partial charge in [0, 0.05) is 18.6 Å². The first-order valence-corrected chi connectivity index (χ1v) is 28.1. The molecule has 2 fully saturated rings. The van der Waals surface area contributed by atoms with Gasteiger partial charge in [-0.15, -0.1) is 10.2 Å². The van der Waals surface area contributed by atoms with E-state index in [9.17, 15) is 28.8 Å². The third kappa shape index (κ3) is 19.3. The SMILES string of the molecule is C=CC(=O)OCCCCCCOc1ccc(OC(=O)C2CCC(C(=O)OCCc3ccc(OC(=O)C4CCC(C(=O)Oc5ccc(OCCCCCCOC(=O)C=C)cc5)CC4)c4nc(N=Nc5ccccc5)sc34)CC2)cc1. The zero-order valence-corrected chi connectivity index (χ0v) is 45.4. The van der Waals surface area contributed by atoms with Gasteiger partial charge in [-0.2, -0.15) is 0 Å². The van der Waals surface area contributed by atoms with Crippen molar-refractivity contribution in [2.75, 3.05) is 33.0 Å². The second-order valence-electron chi connectivity index (χ2n) is 19.4. The van der Waals surface area contributed by atoms with Crippen LogP contribution >= 0.6 is 11.3 Å². The van der Waals surface area contributed by atoms with E-state index < -0.39 is 23.8 Å². The quantitative estimate of drug-likeness (QED) is 0.0104. The summed E-state index contributed by atoms with van der Waals surface area (Å²) >= 11 is 1.29. The Morgan fingerprint density at radius 3 is 1.41 bits per heavy atom. The second-order valence-corrected chi connectivity index (χ2v) is 20.4. The molecule has 418 valence electrons. The molecule has 2 aliphatic carbocycles. The highest BCUT2D eigenvalue weighted by atomic mass is 32.1. The van der Waals surface area contributed by atoms with Crippen molar-refractivity contribution in [1.29, 1.82) is 0 Å². The van der Waals surface area contributed by atoms with Crippen LogP contribution in [0.5, 0.6) is 28.7 Å². The zero-order valence-electron chi connectivity index (χ0n) is 44.6. The first-order valence-electron chi connectivity index (χ1n) is 27.3. The molecule has 4 aromatic carbocycles. The van der Waals surface area contributed by atoms with Gasteiger partial charge < -0.3 is 37.9 Å². The molecule has 1 heterocycles. The number of esters is 6. The van der Waals surface area contributed by atoms with Gasteiger partial charge in [-0.3, -0.25) is 19.2 Å². The monoisotopic (exact) mass is 1100 g/mol. The molecule has 7 rings (SSSR count). The summed E-state index contributed by atoms with van der Waals surface area (Å²) in [5.41, 5.74) is 1.92. The molecule has 0 spiro atoms. The van der Waals surface area contributed by atoms with Crippen LogP contribution in [0.3, 0.4) is 0 Å². The number of carbonyl (C=O) groups excluding carboxylic acids is 6. The average molecular weight is 1100 g/mol. The van der Waals surface area contributed by atoms with Crippen molar-refractivity contribution in [3.63, 3.8) is 0 Å². The lowest BCUT2D eigenvalue weighted by Crippen LogP contribution is -2.30. The van der Waals surface area contributed by atoms with Gasteiger partial charge in [-0.05, 0) is 175 Å². The molecule has 18 heteroatoms. The van der Waals surface area contributed by atoms with E-state index in [0.717, 1.165) is 73.8 Å². The minimum atomic E-state index is -0.429. The van der Waals surface area contributed by atoms with Gasteiger partial charge in [-0.1, -0.05) is 48.8 Å². The molecular formula is C61H69N3O14S. The highest BCUT2D eigenvalue weighted by Crippen LogP contribution is 2.39. The number of benzene rings is 4. The van der Waals surface area contributed by atoms with Crippen LogP contribution in [0.25, 0.3) is 10.2 Å². The van der Waals surface area contributed by atoms with Crippen LogP contribution < -0.4 is 23.7 Å². The molecule has 17 nitrogen and oxygen atoms in total. The normalized spacial score (nSPS) is 17.0. The van der Waals surface area contributed by atoms with Crippen molar-refractivity contribution in [3.8, 4) is 28.7 Å². The predicted molar refractivity (Wildman–Crippen MR) is 296 cm³/mol. The Morgan fingerprint density at radius 1 is 0.481 bits per heavy atom. The van der Waals surface area contributed by atoms with Gasteiger partial charge in [0.2, 0.25) is 5.13 Å². The molecule has 0 unspecified atom stereocenters. The Morgan fingerprint density at radius 2 is 0.924 bits per heavy atom. The number of azo groups is 1. The molecule has 2 aliphatic rings. The van der Waals surface area contributed by atoms with E-state index in [-0.39, 0.29) is 48.0 Å². The molecule has 0 atom stereocenters. The summed E-state index contributed by atoms with van der Waals surface area (Å²) < 4.78 is 45.6. The summed E-state index contributed by atoms with van der Waals surface area (Å²) in [5, 5.41) is 9.09. The molecule has 0 radical (unpaired) electrons. The van der Waals surface area contributed by atoms with Crippen molar-refractivity contribution < 1.29 is 66.7 Å². The van der Waals surface area contributed by atoms with E-state index >= 15 is 0 Å². The Bertz CT molecular complexity index is 2840. The van der Waals surface area contributed by atoms with Crippen LogP contribution in [0.15, 0.2) is 127 Å². The fraction of sp³-hybridized carbons (Fsp3) is 0.426. The summed E-state index contributed by atoms with van der Waals surface area (Å²) in [6, 6.07) is 26.7. The summed E-state index contributed by atoms with van der Waals surface area (Å²) in [7, 11) is 0. The van der Waals surface area contributed by atoms with E-state index in [2.05, 4.69) is 23.4 Å². The van der Waals surface area contributed by atoms with Crippen LogP contribution in [0.2, 0.25) is 0 Å². The second kappa shape index (κ2) is 31.6. The largest absolute Gasteiger partial charge is 0.494 e. The molecule has 0 N–H and O–H groups in total. The summed E-state index contributed by atoms with van der Waals surface area (Å²) in [5.74, 6) is -1.23. The maximum Gasteiger partial charge on any atom is 0.330 e. The van der Waals surface area contributed by atoms with Crippen molar-refractivity contribution >= 4 is 68.2 Å². The maximum absolute atomic E-state index is 13.7. The number of unbranched alkanes of at least 4 members (excludes halogenated alkanes) is 6. The van der Waals surface area contributed by atoms with Crippen LogP contribution in [-0.2, 0) is 49.4 Å². The number of nitrogens with zero attached hydrogens (tertiary/aromatic N) is 3. The number of fused-ring (bicyclic) bond motifs is 1. The molecule has 0 aliphatic heterocycles. The van der Waals surface area contributed by atoms with Crippen LogP contribution in [0, 0.1) is 23.7 Å². The average Bonchev–Trinajstić information content (AvgIpc) is 4.01. The number of ether oxygens (including phenoxy) is 8. The van der Waals surface area contributed by atoms with Gasteiger partial charge in [-0.25, -0.2) is 14.6 Å². The molecule has 1 aromatic heterocycles. The van der Waals surface area contributed by atoms with Crippen molar-refractivity contribution in [3.05, 3.63) is 122 Å². The topological polar surface area (TPSA) is 214 Å². The molecule has 0 bridgehead atoms. The fourth-order valence-corrected chi connectivity index (χ4v) is 10.2. The van der Waals surface area contributed by atoms with Gasteiger partial charge in [0.15, 0.2) is 5.75 Å². The molecule has 2 saturated carbocycles. The number of aromatic nitrogens is 1. The lowest BCUT2D eigenvalue weighted by molar-refractivity contribution is -0.152. The number of carbonyl (C=O) groups is 6. The number of hydrogen-bond acceptors (Lipinski definition) is 18. The first kappa shape index (κ1) is 58.9. The van der Waals surface area contributed by atoms with E-state index in [1.165, 1.54) is 11.3 Å². The third-order valence-corrected chi connectivity index (χ3v) is 14.7. The Labute approximate surface area is 464 Å². The Kier molecular flexibility index (Phi) is 23.6. The lowest BCUT2D eigenvalue weighted by Gasteiger charge is -2.26. The summed E-state index contributed by atoms with van der Waals surface area (Å²) in [6.45, 7) is 8.70. The van der Waals surface area contributed by atoms with Gasteiger partial charge in [0.25, 0.3) is 0 Å². The Hall–Kier alpha value is -7.73. The van der Waals surface area contributed by atoms with Gasteiger partial charge in [0.05, 0.1) is 67.1 Å². The predicted octanol–water partition coefficient (Wildman–Crippen LogP) is 12.9. The molecule has 5 aromatic rings. The zero-order chi connectivity index (χ0) is 55.6. The smallest absolute Gasteiger partial charge is 0.330 e. The van der Waals surface area contributed by atoms with Gasteiger partial charge in [0.1, 0.15) is 28.5 Å². The van der Waals surface area contributed by atoms with Crippen molar-refractivity contribution in [2.24, 2.45) is 33.9 Å². The van der Waals surface area contributed by atoms with Gasteiger partial charge >= 0.3 is 35.8 Å². The first-order chi connectivity index (χ1) is 38.5. The Balaban J connectivity index is 0.833. The van der Waals surface area contributed by atoms with Crippen molar-refractivity contribution in [1.82, 2.24) is 4.98 Å². The number of hydrogen-bond donors (Lipinski definition) is 0. The maximum atomic E-state index is 13.7. The van der Waals surface area contributed by atoms with Crippen LogP contribution in [-0.4, -0.2) is 73.8 Å². The number of thiazole rings is 1. The van der Waals surface area contributed by atoms with E-state index in [1.54, 1.807) is 54.6 Å². The van der Waals surface area contributed by atoms with E-state index in [0.29, 0.717) is 124 Å². The minimum absolute atomic E-state index is 0.106.